The van der Waals surface area contributed by atoms with Crippen molar-refractivity contribution in [1.29, 1.82) is 0 Å². The monoisotopic (exact) mass is 417 g/mol. The highest BCUT2D eigenvalue weighted by atomic mass is 127. The molecule has 3 rings (SSSR count). The lowest BCUT2D eigenvalue weighted by molar-refractivity contribution is -0.138. The molecule has 2 heterocycles. The van der Waals surface area contributed by atoms with Gasteiger partial charge in [0.25, 0.3) is 5.91 Å². The molecule has 0 aliphatic carbocycles. The Kier molecular flexibility index (Phi) is 5.54. The summed E-state index contributed by atoms with van der Waals surface area (Å²) in [6.45, 7) is 2.98. The van der Waals surface area contributed by atoms with Crippen molar-refractivity contribution in [2.75, 3.05) is 32.9 Å². The molecule has 22 heavy (non-hydrogen) atoms. The molecule has 0 spiro atoms. The quantitative estimate of drug-likeness (QED) is 0.706. The number of carbonyl (C=O) groups is 1. The molecule has 0 radical (unpaired) electrons. The molecule has 0 unspecified atom stereocenters. The van der Waals surface area contributed by atoms with Crippen molar-refractivity contribution in [3.8, 4) is 5.75 Å². The van der Waals surface area contributed by atoms with E-state index in [0.29, 0.717) is 19.1 Å². The van der Waals surface area contributed by atoms with Gasteiger partial charge in [0.1, 0.15) is 5.75 Å². The molecule has 6 heteroatoms. The Morgan fingerprint density at radius 1 is 1.18 bits per heavy atom. The van der Waals surface area contributed by atoms with Crippen LogP contribution in [0.1, 0.15) is 12.8 Å². The summed E-state index contributed by atoms with van der Waals surface area (Å²) < 4.78 is 17.8. The summed E-state index contributed by atoms with van der Waals surface area (Å²) in [5.41, 5.74) is 0. The highest BCUT2D eigenvalue weighted by Crippen LogP contribution is 2.25. The predicted octanol–water partition coefficient (Wildman–Crippen LogP) is 2.28. The normalized spacial score (nSPS) is 20.3. The van der Waals surface area contributed by atoms with Crippen LogP contribution in [0, 0.1) is 9.49 Å². The molecule has 2 aliphatic heterocycles. The molecule has 2 saturated heterocycles. The number of likely N-dealkylation sites (tertiary alicyclic amines) is 1. The average Bonchev–Trinajstić information content (AvgIpc) is 3.09. The largest absolute Gasteiger partial charge is 0.484 e. The summed E-state index contributed by atoms with van der Waals surface area (Å²) >= 11 is 2.24. The van der Waals surface area contributed by atoms with Gasteiger partial charge in [0.15, 0.2) is 12.9 Å². The molecule has 0 N–H and O–H groups in total. The second-order valence-corrected chi connectivity index (χ2v) is 6.82. The average molecular weight is 417 g/mol. The summed E-state index contributed by atoms with van der Waals surface area (Å²) in [5, 5.41) is 0. The second-order valence-electron chi connectivity index (χ2n) is 5.57. The molecule has 0 bridgehead atoms. The smallest absolute Gasteiger partial charge is 0.260 e. The van der Waals surface area contributed by atoms with Gasteiger partial charge >= 0.3 is 0 Å². The minimum atomic E-state index is -0.0692. The van der Waals surface area contributed by atoms with E-state index in [1.165, 1.54) is 0 Å². The van der Waals surface area contributed by atoms with Gasteiger partial charge in [0.05, 0.1) is 13.2 Å². The lowest BCUT2D eigenvalue weighted by Crippen LogP contribution is -2.43. The third-order valence-corrected chi connectivity index (χ3v) is 4.82. The van der Waals surface area contributed by atoms with Crippen molar-refractivity contribution >= 4 is 28.5 Å². The van der Waals surface area contributed by atoms with Gasteiger partial charge < -0.3 is 19.1 Å². The molecule has 1 amide bonds. The first-order valence-corrected chi connectivity index (χ1v) is 8.69. The van der Waals surface area contributed by atoms with Crippen LogP contribution in [-0.4, -0.2) is 50.0 Å². The molecular weight excluding hydrogens is 397 g/mol. The van der Waals surface area contributed by atoms with E-state index in [0.717, 1.165) is 35.3 Å². The third-order valence-electron chi connectivity index (χ3n) is 4.10. The highest BCUT2D eigenvalue weighted by Gasteiger charge is 2.31. The van der Waals surface area contributed by atoms with Gasteiger partial charge in [-0.25, -0.2) is 0 Å². The van der Waals surface area contributed by atoms with E-state index in [1.807, 2.05) is 29.2 Å². The van der Waals surface area contributed by atoms with Gasteiger partial charge in [-0.1, -0.05) is 0 Å². The summed E-state index contributed by atoms with van der Waals surface area (Å²) in [6.07, 6.45) is 1.79. The van der Waals surface area contributed by atoms with Crippen LogP contribution < -0.4 is 4.74 Å². The number of hydrogen-bond acceptors (Lipinski definition) is 4. The molecule has 2 fully saturated rings. The molecule has 0 atom stereocenters. The topological polar surface area (TPSA) is 48.0 Å². The SMILES string of the molecule is O=C(COc1ccc(I)cc1)N1CCC(C2OCCO2)CC1. The Hall–Kier alpha value is -0.860. The van der Waals surface area contributed by atoms with Crippen LogP contribution in [-0.2, 0) is 14.3 Å². The van der Waals surface area contributed by atoms with E-state index in [4.69, 9.17) is 14.2 Å². The van der Waals surface area contributed by atoms with Gasteiger partial charge in [-0.15, -0.1) is 0 Å². The number of nitrogens with zero attached hydrogens (tertiary/aromatic N) is 1. The lowest BCUT2D eigenvalue weighted by atomic mass is 9.96. The van der Waals surface area contributed by atoms with E-state index in [-0.39, 0.29) is 18.8 Å². The van der Waals surface area contributed by atoms with E-state index in [9.17, 15) is 4.79 Å². The van der Waals surface area contributed by atoms with Crippen molar-refractivity contribution in [2.45, 2.75) is 19.1 Å². The first kappa shape index (κ1) is 16.0. The molecule has 0 aromatic heterocycles. The molecule has 1 aromatic rings. The Labute approximate surface area is 144 Å². The fraction of sp³-hybridized carbons (Fsp3) is 0.562. The number of amides is 1. The van der Waals surface area contributed by atoms with Crippen molar-refractivity contribution in [1.82, 2.24) is 4.90 Å². The van der Waals surface area contributed by atoms with Crippen LogP contribution in [0.5, 0.6) is 5.75 Å². The van der Waals surface area contributed by atoms with Crippen LogP contribution >= 0.6 is 22.6 Å². The van der Waals surface area contributed by atoms with Crippen molar-refractivity contribution in [2.24, 2.45) is 5.92 Å². The summed E-state index contributed by atoms with van der Waals surface area (Å²) in [5.74, 6) is 1.19. The van der Waals surface area contributed by atoms with Crippen LogP contribution in [0.25, 0.3) is 0 Å². The van der Waals surface area contributed by atoms with Crippen molar-refractivity contribution in [3.05, 3.63) is 27.8 Å². The maximum Gasteiger partial charge on any atom is 0.260 e. The number of halogens is 1. The van der Waals surface area contributed by atoms with Gasteiger partial charge in [0.2, 0.25) is 0 Å². The van der Waals surface area contributed by atoms with Gasteiger partial charge in [-0.2, -0.15) is 0 Å². The molecule has 0 saturated carbocycles. The molecule has 120 valence electrons. The van der Waals surface area contributed by atoms with E-state index >= 15 is 0 Å². The summed E-state index contributed by atoms with van der Waals surface area (Å²) in [7, 11) is 0. The first-order chi connectivity index (χ1) is 10.7. The Balaban J connectivity index is 1.42. The second kappa shape index (κ2) is 7.61. The summed E-state index contributed by atoms with van der Waals surface area (Å²) in [4.78, 5) is 14.1. The highest BCUT2D eigenvalue weighted by molar-refractivity contribution is 14.1. The number of ether oxygens (including phenoxy) is 3. The van der Waals surface area contributed by atoms with Crippen molar-refractivity contribution < 1.29 is 19.0 Å². The molecular formula is C16H20INO4. The molecule has 1 aromatic carbocycles. The molecule has 2 aliphatic rings. The van der Waals surface area contributed by atoms with Crippen molar-refractivity contribution in [3.63, 3.8) is 0 Å². The Bertz CT molecular complexity index is 493. The predicted molar refractivity (Wildman–Crippen MR) is 89.7 cm³/mol. The minimum absolute atomic E-state index is 0.0465. The van der Waals surface area contributed by atoms with Crippen LogP contribution in [0.15, 0.2) is 24.3 Å². The summed E-state index contributed by atoms with van der Waals surface area (Å²) in [6, 6.07) is 7.70. The minimum Gasteiger partial charge on any atom is -0.484 e. The van der Waals surface area contributed by atoms with Gasteiger partial charge in [-0.3, -0.25) is 4.79 Å². The number of benzene rings is 1. The zero-order valence-electron chi connectivity index (χ0n) is 12.4. The maximum atomic E-state index is 12.2. The maximum absolute atomic E-state index is 12.2. The van der Waals surface area contributed by atoms with E-state index in [1.54, 1.807) is 0 Å². The number of hydrogen-bond donors (Lipinski definition) is 0. The van der Waals surface area contributed by atoms with E-state index < -0.39 is 0 Å². The Morgan fingerprint density at radius 2 is 1.82 bits per heavy atom. The van der Waals surface area contributed by atoms with Crippen LogP contribution in [0.2, 0.25) is 0 Å². The number of piperidine rings is 1. The Morgan fingerprint density at radius 3 is 2.45 bits per heavy atom. The molecule has 5 nitrogen and oxygen atoms in total. The third kappa shape index (κ3) is 4.11. The van der Waals surface area contributed by atoms with Crippen LogP contribution in [0.3, 0.4) is 0 Å². The fourth-order valence-electron chi connectivity index (χ4n) is 2.84. The fourth-order valence-corrected chi connectivity index (χ4v) is 3.20. The van der Waals surface area contributed by atoms with Gasteiger partial charge in [-0.05, 0) is 59.7 Å². The van der Waals surface area contributed by atoms with Gasteiger partial charge in [0, 0.05) is 22.6 Å². The van der Waals surface area contributed by atoms with Crippen LogP contribution in [0.4, 0.5) is 0 Å². The zero-order valence-corrected chi connectivity index (χ0v) is 14.5. The zero-order chi connectivity index (χ0) is 15.4. The van der Waals surface area contributed by atoms with E-state index in [2.05, 4.69) is 22.6 Å². The first-order valence-electron chi connectivity index (χ1n) is 7.62. The number of rotatable bonds is 4. The number of carbonyl (C=O) groups excluding carboxylic acids is 1. The standard InChI is InChI=1S/C16H20INO4/c17-13-1-3-14(4-2-13)22-11-15(19)18-7-5-12(6-8-18)16-20-9-10-21-16/h1-4,12,16H,5-11H2. The lowest BCUT2D eigenvalue weighted by Gasteiger charge is -2.33.